The fourth-order valence-corrected chi connectivity index (χ4v) is 5.77. The third-order valence-electron chi connectivity index (χ3n) is 4.90. The second kappa shape index (κ2) is 6.24. The molecule has 6 heteroatoms. The summed E-state index contributed by atoms with van der Waals surface area (Å²) in [5.41, 5.74) is 1.98. The molecule has 1 aromatic carbocycles. The molecule has 0 spiro atoms. The van der Waals surface area contributed by atoms with Crippen LogP contribution >= 0.6 is 0 Å². The third-order valence-corrected chi connectivity index (χ3v) is 7.16. The van der Waals surface area contributed by atoms with Crippen molar-refractivity contribution in [2.24, 2.45) is 5.92 Å². The zero-order chi connectivity index (χ0) is 16.6. The van der Waals surface area contributed by atoms with E-state index < -0.39 is 9.84 Å². The average molecular weight is 336 g/mol. The smallest absolute Gasteiger partial charge is 0.238 e. The van der Waals surface area contributed by atoms with Gasteiger partial charge < -0.3 is 5.32 Å². The number of fused-ring (bicyclic) bond motifs is 1. The number of carbonyl (C=O) groups is 1. The highest BCUT2D eigenvalue weighted by Gasteiger charge is 2.46. The molecule has 23 heavy (non-hydrogen) atoms. The predicted molar refractivity (Wildman–Crippen MR) is 91.3 cm³/mol. The summed E-state index contributed by atoms with van der Waals surface area (Å²) in [4.78, 5) is 14.2. The second-order valence-corrected chi connectivity index (χ2v) is 9.32. The molecular formula is C17H24N2O3S. The van der Waals surface area contributed by atoms with Crippen molar-refractivity contribution in [2.75, 3.05) is 30.7 Å². The first-order valence-electron chi connectivity index (χ1n) is 8.19. The number of nitrogens with one attached hydrogen (secondary N) is 1. The summed E-state index contributed by atoms with van der Waals surface area (Å²) >= 11 is 0. The van der Waals surface area contributed by atoms with Gasteiger partial charge in [0.2, 0.25) is 5.91 Å². The van der Waals surface area contributed by atoms with Crippen molar-refractivity contribution in [1.29, 1.82) is 0 Å². The van der Waals surface area contributed by atoms with Gasteiger partial charge >= 0.3 is 0 Å². The number of nitrogens with zero attached hydrogens (tertiary/aromatic N) is 1. The Bertz CT molecular complexity index is 700. The van der Waals surface area contributed by atoms with Gasteiger partial charge in [-0.15, -0.1) is 0 Å². The molecule has 1 aromatic rings. The SMILES string of the molecule is CC(C)c1cccc(NC(=O)CN2C[C@@H]3CCS(=O)(=O)[C@@H]3C2)c1. The molecule has 1 amide bonds. The molecule has 0 radical (unpaired) electrons. The van der Waals surface area contributed by atoms with E-state index in [0.717, 1.165) is 12.1 Å². The maximum Gasteiger partial charge on any atom is 0.238 e. The van der Waals surface area contributed by atoms with Gasteiger partial charge in [-0.05, 0) is 36.0 Å². The van der Waals surface area contributed by atoms with Crippen molar-refractivity contribution in [3.05, 3.63) is 29.8 Å². The minimum Gasteiger partial charge on any atom is -0.325 e. The first kappa shape index (κ1) is 16.5. The number of hydrogen-bond donors (Lipinski definition) is 1. The molecule has 2 fully saturated rings. The lowest BCUT2D eigenvalue weighted by Crippen LogP contribution is -2.33. The van der Waals surface area contributed by atoms with E-state index in [4.69, 9.17) is 0 Å². The van der Waals surface area contributed by atoms with Crippen LogP contribution in [0.1, 0.15) is 31.7 Å². The maximum absolute atomic E-state index is 12.2. The summed E-state index contributed by atoms with van der Waals surface area (Å²) in [6.45, 7) is 5.69. The van der Waals surface area contributed by atoms with Gasteiger partial charge in [-0.1, -0.05) is 26.0 Å². The summed E-state index contributed by atoms with van der Waals surface area (Å²) in [6, 6.07) is 7.86. The molecule has 1 N–H and O–H groups in total. The molecule has 5 nitrogen and oxygen atoms in total. The number of benzene rings is 1. The fraction of sp³-hybridized carbons (Fsp3) is 0.588. The van der Waals surface area contributed by atoms with Crippen LogP contribution < -0.4 is 5.32 Å². The summed E-state index contributed by atoms with van der Waals surface area (Å²) in [7, 11) is -2.94. The molecule has 2 aliphatic heterocycles. The van der Waals surface area contributed by atoms with Crippen LogP contribution in [0, 0.1) is 5.92 Å². The van der Waals surface area contributed by atoms with Crippen molar-refractivity contribution in [3.63, 3.8) is 0 Å². The van der Waals surface area contributed by atoms with Crippen molar-refractivity contribution in [2.45, 2.75) is 31.4 Å². The number of hydrogen-bond acceptors (Lipinski definition) is 4. The number of carbonyl (C=O) groups excluding carboxylic acids is 1. The van der Waals surface area contributed by atoms with E-state index in [1.54, 1.807) is 0 Å². The van der Waals surface area contributed by atoms with Gasteiger partial charge in [0.25, 0.3) is 0 Å². The topological polar surface area (TPSA) is 66.5 Å². The van der Waals surface area contributed by atoms with Gasteiger partial charge in [-0.2, -0.15) is 0 Å². The van der Waals surface area contributed by atoms with E-state index >= 15 is 0 Å². The molecule has 0 aliphatic carbocycles. The van der Waals surface area contributed by atoms with Crippen LogP contribution in [0.15, 0.2) is 24.3 Å². The van der Waals surface area contributed by atoms with Gasteiger partial charge in [0.1, 0.15) is 0 Å². The van der Waals surface area contributed by atoms with Crippen LogP contribution in [0.25, 0.3) is 0 Å². The zero-order valence-corrected chi connectivity index (χ0v) is 14.5. The molecular weight excluding hydrogens is 312 g/mol. The van der Waals surface area contributed by atoms with Gasteiger partial charge in [-0.3, -0.25) is 9.69 Å². The molecule has 0 saturated carbocycles. The van der Waals surface area contributed by atoms with E-state index in [-0.39, 0.29) is 23.6 Å². The Balaban J connectivity index is 1.58. The minimum atomic E-state index is -2.94. The average Bonchev–Trinajstić information content (AvgIpc) is 2.99. The normalized spacial score (nSPS) is 26.4. The minimum absolute atomic E-state index is 0.0803. The van der Waals surface area contributed by atoms with Crippen molar-refractivity contribution in [3.8, 4) is 0 Å². The predicted octanol–water partition coefficient (Wildman–Crippen LogP) is 1.87. The van der Waals surface area contributed by atoms with Crippen LogP contribution in [-0.2, 0) is 14.6 Å². The van der Waals surface area contributed by atoms with Gasteiger partial charge in [0.15, 0.2) is 9.84 Å². The van der Waals surface area contributed by atoms with E-state index in [9.17, 15) is 13.2 Å². The lowest BCUT2D eigenvalue weighted by molar-refractivity contribution is -0.117. The summed E-state index contributed by atoms with van der Waals surface area (Å²) in [5, 5.41) is 2.66. The highest BCUT2D eigenvalue weighted by Crippen LogP contribution is 2.33. The Morgan fingerprint density at radius 1 is 1.35 bits per heavy atom. The first-order valence-corrected chi connectivity index (χ1v) is 9.90. The van der Waals surface area contributed by atoms with Crippen molar-refractivity contribution >= 4 is 21.4 Å². The Kier molecular flexibility index (Phi) is 4.47. The van der Waals surface area contributed by atoms with Crippen molar-refractivity contribution < 1.29 is 13.2 Å². The molecule has 0 unspecified atom stereocenters. The van der Waals surface area contributed by atoms with Crippen LogP contribution in [0.4, 0.5) is 5.69 Å². The molecule has 2 atom stereocenters. The molecule has 126 valence electrons. The largest absolute Gasteiger partial charge is 0.325 e. The maximum atomic E-state index is 12.2. The van der Waals surface area contributed by atoms with Gasteiger partial charge in [0.05, 0.1) is 17.5 Å². The van der Waals surface area contributed by atoms with E-state index in [0.29, 0.717) is 24.8 Å². The Morgan fingerprint density at radius 3 is 2.83 bits per heavy atom. The fourth-order valence-electron chi connectivity index (χ4n) is 3.59. The van der Waals surface area contributed by atoms with Crippen LogP contribution in [0.5, 0.6) is 0 Å². The number of likely N-dealkylation sites (tertiary alicyclic amines) is 1. The Hall–Kier alpha value is -1.40. The molecule has 2 saturated heterocycles. The number of amides is 1. The molecule has 2 aliphatic rings. The second-order valence-electron chi connectivity index (χ2n) is 6.98. The van der Waals surface area contributed by atoms with E-state index in [2.05, 4.69) is 19.2 Å². The summed E-state index contributed by atoms with van der Waals surface area (Å²) in [5.74, 6) is 0.847. The third kappa shape index (κ3) is 3.58. The molecule has 0 aromatic heterocycles. The lowest BCUT2D eigenvalue weighted by Gasteiger charge is -2.16. The van der Waals surface area contributed by atoms with Crippen LogP contribution in [0.3, 0.4) is 0 Å². The van der Waals surface area contributed by atoms with E-state index in [1.165, 1.54) is 5.56 Å². The Labute approximate surface area is 138 Å². The van der Waals surface area contributed by atoms with Crippen LogP contribution in [0.2, 0.25) is 0 Å². The number of rotatable bonds is 4. The quantitative estimate of drug-likeness (QED) is 0.911. The lowest BCUT2D eigenvalue weighted by atomic mass is 10.0. The van der Waals surface area contributed by atoms with Crippen molar-refractivity contribution in [1.82, 2.24) is 4.90 Å². The molecule has 0 bridgehead atoms. The van der Waals surface area contributed by atoms with Gasteiger partial charge in [0, 0.05) is 18.8 Å². The monoisotopic (exact) mass is 336 g/mol. The highest BCUT2D eigenvalue weighted by atomic mass is 32.2. The van der Waals surface area contributed by atoms with E-state index in [1.807, 2.05) is 29.2 Å². The van der Waals surface area contributed by atoms with Gasteiger partial charge in [-0.25, -0.2) is 8.42 Å². The number of anilines is 1. The molecule has 2 heterocycles. The first-order chi connectivity index (χ1) is 10.8. The zero-order valence-electron chi connectivity index (χ0n) is 13.7. The highest BCUT2D eigenvalue weighted by molar-refractivity contribution is 7.92. The molecule has 3 rings (SSSR count). The summed E-state index contributed by atoms with van der Waals surface area (Å²) in [6.07, 6.45) is 0.738. The standard InChI is InChI=1S/C17H24N2O3S/c1-12(2)13-4-3-5-15(8-13)18-17(20)11-19-9-14-6-7-23(21,22)16(14)10-19/h3-5,8,12,14,16H,6-7,9-11H2,1-2H3,(H,18,20)/t14-,16+/m0/s1. The van der Waals surface area contributed by atoms with Crippen LogP contribution in [-0.4, -0.2) is 49.9 Å². The Morgan fingerprint density at radius 2 is 2.13 bits per heavy atom. The number of sulfone groups is 1. The summed E-state index contributed by atoms with van der Waals surface area (Å²) < 4.78 is 23.9.